The van der Waals surface area contributed by atoms with Crippen molar-refractivity contribution in [2.45, 2.75) is 12.1 Å². The normalized spacial score (nSPS) is 12.7. The largest absolute Gasteiger partial charge is 0.386 e. The topological polar surface area (TPSA) is 101 Å². The highest BCUT2D eigenvalue weighted by molar-refractivity contribution is 5.97. The van der Waals surface area contributed by atoms with Crippen LogP contribution in [-0.4, -0.2) is 21.0 Å². The third kappa shape index (κ3) is 4.60. The van der Waals surface area contributed by atoms with E-state index in [0.717, 1.165) is 11.1 Å². The molecule has 0 fully saturated rings. The summed E-state index contributed by atoms with van der Waals surface area (Å²) in [7, 11) is 0. The van der Waals surface area contributed by atoms with Gasteiger partial charge in [-0.3, -0.25) is 4.79 Å². The number of rotatable bonds is 6. The smallest absolute Gasteiger partial charge is 0.274 e. The van der Waals surface area contributed by atoms with Crippen LogP contribution in [0.15, 0.2) is 97.2 Å². The van der Waals surface area contributed by atoms with Crippen molar-refractivity contribution < 1.29 is 9.90 Å². The standard InChI is InChI=1S/C25H22N4O2/c26-24-22(28-20(16-27-24)17-10-4-1-5-11-17)25(31)29-21(18-12-6-2-7-13-18)23(30)19-14-8-3-9-15-19/h1-16,21,23,30H,(H2,26,27)(H,29,31)/t21-,23-/m1/s1. The van der Waals surface area contributed by atoms with Gasteiger partial charge in [0.1, 0.15) is 6.10 Å². The SMILES string of the molecule is Nc1ncc(-c2ccccc2)nc1C(=O)N[C@H](c1ccccc1)[C@H](O)c1ccccc1. The Morgan fingerprint density at radius 2 is 1.39 bits per heavy atom. The van der Waals surface area contributed by atoms with Crippen LogP contribution in [0.1, 0.15) is 33.8 Å². The van der Waals surface area contributed by atoms with E-state index in [1.165, 1.54) is 6.20 Å². The Kier molecular flexibility index (Phi) is 6.01. The lowest BCUT2D eigenvalue weighted by Gasteiger charge is -2.25. The second-order valence-corrected chi connectivity index (χ2v) is 7.07. The summed E-state index contributed by atoms with van der Waals surface area (Å²) < 4.78 is 0. The summed E-state index contributed by atoms with van der Waals surface area (Å²) in [6.07, 6.45) is 0.577. The van der Waals surface area contributed by atoms with Crippen LogP contribution >= 0.6 is 0 Å². The van der Waals surface area contributed by atoms with Gasteiger partial charge in [0.15, 0.2) is 11.5 Å². The van der Waals surface area contributed by atoms with E-state index >= 15 is 0 Å². The van der Waals surface area contributed by atoms with Crippen molar-refractivity contribution in [3.8, 4) is 11.3 Å². The van der Waals surface area contributed by atoms with Gasteiger partial charge in [0.25, 0.3) is 5.91 Å². The molecule has 0 aliphatic heterocycles. The van der Waals surface area contributed by atoms with Crippen molar-refractivity contribution in [2.75, 3.05) is 5.73 Å². The second-order valence-electron chi connectivity index (χ2n) is 7.07. The van der Waals surface area contributed by atoms with E-state index in [2.05, 4.69) is 15.3 Å². The number of amides is 1. The lowest BCUT2D eigenvalue weighted by molar-refractivity contribution is 0.0827. The van der Waals surface area contributed by atoms with Gasteiger partial charge in [0.05, 0.1) is 17.9 Å². The van der Waals surface area contributed by atoms with E-state index in [1.54, 1.807) is 0 Å². The number of nitrogen functional groups attached to an aromatic ring is 1. The number of nitrogens with zero attached hydrogens (tertiary/aromatic N) is 2. The monoisotopic (exact) mass is 410 g/mol. The molecular weight excluding hydrogens is 388 g/mol. The number of nitrogens with one attached hydrogen (secondary N) is 1. The summed E-state index contributed by atoms with van der Waals surface area (Å²) >= 11 is 0. The minimum absolute atomic E-state index is 0.0162. The van der Waals surface area contributed by atoms with Crippen LogP contribution in [-0.2, 0) is 0 Å². The molecule has 0 aliphatic rings. The molecule has 4 rings (SSSR count). The van der Waals surface area contributed by atoms with E-state index in [4.69, 9.17) is 5.73 Å². The van der Waals surface area contributed by atoms with E-state index in [1.807, 2.05) is 91.0 Å². The number of aliphatic hydroxyl groups excluding tert-OH is 1. The maximum atomic E-state index is 13.2. The maximum Gasteiger partial charge on any atom is 0.274 e. The average Bonchev–Trinajstić information content (AvgIpc) is 2.84. The number of hydrogen-bond donors (Lipinski definition) is 3. The Balaban J connectivity index is 1.67. The van der Waals surface area contributed by atoms with Crippen molar-refractivity contribution in [2.24, 2.45) is 0 Å². The van der Waals surface area contributed by atoms with Gasteiger partial charge in [-0.1, -0.05) is 91.0 Å². The molecule has 6 heteroatoms. The predicted molar refractivity (Wildman–Crippen MR) is 120 cm³/mol. The summed E-state index contributed by atoms with van der Waals surface area (Å²) in [5.74, 6) is -0.482. The fourth-order valence-electron chi connectivity index (χ4n) is 3.37. The van der Waals surface area contributed by atoms with Crippen LogP contribution in [0.4, 0.5) is 5.82 Å². The molecule has 0 aliphatic carbocycles. The van der Waals surface area contributed by atoms with Crippen LogP contribution in [0.2, 0.25) is 0 Å². The highest BCUT2D eigenvalue weighted by atomic mass is 16.3. The molecule has 1 heterocycles. The number of anilines is 1. The van der Waals surface area contributed by atoms with Crippen molar-refractivity contribution in [3.63, 3.8) is 0 Å². The Bertz CT molecular complexity index is 1150. The Hall–Kier alpha value is -4.03. The zero-order chi connectivity index (χ0) is 21.6. The summed E-state index contributed by atoms with van der Waals surface area (Å²) in [6.45, 7) is 0. The average molecular weight is 410 g/mol. The number of carbonyl (C=O) groups is 1. The van der Waals surface area contributed by atoms with Crippen LogP contribution in [0.3, 0.4) is 0 Å². The van der Waals surface area contributed by atoms with Gasteiger partial charge in [0, 0.05) is 5.56 Å². The number of benzene rings is 3. The second kappa shape index (κ2) is 9.19. The quantitative estimate of drug-likeness (QED) is 0.447. The van der Waals surface area contributed by atoms with E-state index in [0.29, 0.717) is 11.3 Å². The molecule has 154 valence electrons. The third-order valence-corrected chi connectivity index (χ3v) is 4.99. The molecule has 6 nitrogen and oxygen atoms in total. The molecule has 1 aromatic heterocycles. The Labute approximate surface area is 180 Å². The van der Waals surface area contributed by atoms with E-state index < -0.39 is 18.1 Å². The molecule has 0 bridgehead atoms. The molecule has 2 atom stereocenters. The van der Waals surface area contributed by atoms with Gasteiger partial charge < -0.3 is 16.2 Å². The van der Waals surface area contributed by atoms with Gasteiger partial charge in [0.2, 0.25) is 0 Å². The van der Waals surface area contributed by atoms with Crippen molar-refractivity contribution in [1.82, 2.24) is 15.3 Å². The highest BCUT2D eigenvalue weighted by Gasteiger charge is 2.26. The molecular formula is C25H22N4O2. The molecule has 0 saturated heterocycles. The Morgan fingerprint density at radius 1 is 0.839 bits per heavy atom. The molecule has 31 heavy (non-hydrogen) atoms. The first-order chi connectivity index (χ1) is 15.1. The zero-order valence-corrected chi connectivity index (χ0v) is 16.7. The number of nitrogens with two attached hydrogens (primary N) is 1. The Morgan fingerprint density at radius 3 is 2.00 bits per heavy atom. The molecule has 3 aromatic carbocycles. The van der Waals surface area contributed by atoms with Gasteiger partial charge >= 0.3 is 0 Å². The van der Waals surface area contributed by atoms with Gasteiger partial charge in [-0.2, -0.15) is 0 Å². The zero-order valence-electron chi connectivity index (χ0n) is 16.7. The number of aromatic nitrogens is 2. The van der Waals surface area contributed by atoms with Crippen LogP contribution < -0.4 is 11.1 Å². The summed E-state index contributed by atoms with van der Waals surface area (Å²) in [6, 6.07) is 27.2. The summed E-state index contributed by atoms with van der Waals surface area (Å²) in [5.41, 5.74) is 8.81. The molecule has 0 unspecified atom stereocenters. The van der Waals surface area contributed by atoms with Gasteiger partial charge in [-0.05, 0) is 11.1 Å². The molecule has 0 radical (unpaired) electrons. The molecule has 0 spiro atoms. The highest BCUT2D eigenvalue weighted by Crippen LogP contribution is 2.29. The van der Waals surface area contributed by atoms with Crippen LogP contribution in [0.5, 0.6) is 0 Å². The summed E-state index contributed by atoms with van der Waals surface area (Å²) in [5, 5.41) is 13.9. The minimum Gasteiger partial charge on any atom is -0.386 e. The van der Waals surface area contributed by atoms with E-state index in [9.17, 15) is 9.90 Å². The van der Waals surface area contributed by atoms with E-state index in [-0.39, 0.29) is 11.5 Å². The number of aliphatic hydroxyl groups is 1. The third-order valence-electron chi connectivity index (χ3n) is 4.99. The first-order valence-electron chi connectivity index (χ1n) is 9.90. The van der Waals surface area contributed by atoms with Crippen molar-refractivity contribution >= 4 is 11.7 Å². The minimum atomic E-state index is -0.959. The maximum absolute atomic E-state index is 13.2. The fourth-order valence-corrected chi connectivity index (χ4v) is 3.37. The lowest BCUT2D eigenvalue weighted by Crippen LogP contribution is -2.34. The van der Waals surface area contributed by atoms with Crippen LogP contribution in [0.25, 0.3) is 11.3 Å². The molecule has 1 amide bonds. The summed E-state index contributed by atoms with van der Waals surface area (Å²) in [4.78, 5) is 21.8. The van der Waals surface area contributed by atoms with Gasteiger partial charge in [-0.25, -0.2) is 9.97 Å². The predicted octanol–water partition coefficient (Wildman–Crippen LogP) is 3.93. The first kappa shape index (κ1) is 20.3. The number of hydrogen-bond acceptors (Lipinski definition) is 5. The van der Waals surface area contributed by atoms with Crippen LogP contribution in [0, 0.1) is 0 Å². The fraction of sp³-hybridized carbons (Fsp3) is 0.0800. The first-order valence-corrected chi connectivity index (χ1v) is 9.90. The van der Waals surface area contributed by atoms with Crippen molar-refractivity contribution in [3.05, 3.63) is 114 Å². The van der Waals surface area contributed by atoms with Crippen molar-refractivity contribution in [1.29, 1.82) is 0 Å². The lowest BCUT2D eigenvalue weighted by atomic mass is 9.95. The molecule has 4 aromatic rings. The number of carbonyl (C=O) groups excluding carboxylic acids is 1. The molecule has 0 saturated carbocycles. The molecule has 4 N–H and O–H groups in total. The van der Waals surface area contributed by atoms with Gasteiger partial charge in [-0.15, -0.1) is 0 Å².